The fourth-order valence-corrected chi connectivity index (χ4v) is 17.0. The summed E-state index contributed by atoms with van der Waals surface area (Å²) < 4.78 is 121. The van der Waals surface area contributed by atoms with E-state index in [0.29, 0.717) is 44.1 Å². The standard InChI is InChI=1S/C74H114F8N12O13/c1-14-43(5)61-69(104)88(9)41-59(97)90(11)53-24-19-21-42(4)38-93(68(53)103)56(35-44-25-28-47(29-26-44)73(77,78)79)67(102)87(8)40-57(95)83-51(30-27-45-33-49(75)60(50(76)34-45)74(80,81)82)65(100)94-39-48(107-16-3)36-54(94)64(99)85-72(31-20-32-72)71(106)92(13)62(46-22-17-18-23-46)70(105)91(12)55(66(101)86(6)7)37-58(96)89(10)52(15-2)63(98)84-61/h21,43-56,60-62H,14-20,22-41H2,1-13H3,(H,83,95)(H,84,98)(H,85,99)/b42-21-/t43-,44?,45?,47?,48+,49?,50?,51-,52-,53-,54-,55-,56-,60?,61-,62-/m0/s1. The fraction of sp³-hybridized carbons (Fsp3) is 0.811. The number of hydrogen-bond donors (Lipinski definition) is 3. The van der Waals surface area contributed by atoms with Crippen LogP contribution in [0.2, 0.25) is 0 Å². The molecule has 7 aliphatic rings. The minimum atomic E-state index is -5.22. The van der Waals surface area contributed by atoms with E-state index in [-0.39, 0.29) is 96.7 Å². The average molecular weight is 1530 g/mol. The molecule has 7 rings (SSSR count). The number of alkyl halides is 8. The Morgan fingerprint density at radius 3 is 1.80 bits per heavy atom. The van der Waals surface area contributed by atoms with Crippen LogP contribution in [-0.2, 0) is 62.3 Å². The average Bonchev–Trinajstić information content (AvgIpc) is 1.50. The van der Waals surface area contributed by atoms with Crippen LogP contribution in [0.1, 0.15) is 176 Å². The molecule has 604 valence electrons. The lowest BCUT2D eigenvalue weighted by Gasteiger charge is -2.46. The van der Waals surface area contributed by atoms with Crippen molar-refractivity contribution in [2.75, 3.05) is 89.2 Å². The maximum Gasteiger partial charge on any atom is 0.397 e. The van der Waals surface area contributed by atoms with Gasteiger partial charge in [0.25, 0.3) is 0 Å². The number of carbonyl (C=O) groups is 12. The Bertz CT molecular complexity index is 3220. The van der Waals surface area contributed by atoms with Crippen molar-refractivity contribution >= 4 is 70.9 Å². The summed E-state index contributed by atoms with van der Waals surface area (Å²) in [5.74, 6) is -16.8. The molecule has 2 bridgehead atoms. The van der Waals surface area contributed by atoms with Crippen molar-refractivity contribution < 1.29 is 97.4 Å². The molecule has 12 atom stereocenters. The van der Waals surface area contributed by atoms with Crippen LogP contribution >= 0.6 is 0 Å². The fourth-order valence-electron chi connectivity index (χ4n) is 17.0. The van der Waals surface area contributed by atoms with Crippen LogP contribution in [-0.4, -0.2) is 289 Å². The molecule has 3 aliphatic heterocycles. The van der Waals surface area contributed by atoms with Gasteiger partial charge >= 0.3 is 12.4 Å². The lowest BCUT2D eigenvalue weighted by molar-refractivity contribution is -0.219. The summed E-state index contributed by atoms with van der Waals surface area (Å²) in [6.45, 7) is 6.48. The van der Waals surface area contributed by atoms with Gasteiger partial charge in [0.1, 0.15) is 72.1 Å². The maximum atomic E-state index is 15.5. The molecule has 107 heavy (non-hydrogen) atoms. The van der Waals surface area contributed by atoms with E-state index < -0.39 is 230 Å². The lowest BCUT2D eigenvalue weighted by atomic mass is 9.74. The number of carbonyl (C=O) groups excluding carboxylic acids is 12. The minimum Gasteiger partial charge on any atom is -0.377 e. The van der Waals surface area contributed by atoms with Crippen LogP contribution in [0.5, 0.6) is 0 Å². The van der Waals surface area contributed by atoms with Crippen LogP contribution in [0.15, 0.2) is 11.6 Å². The molecule has 0 aromatic carbocycles. The predicted molar refractivity (Wildman–Crippen MR) is 377 cm³/mol. The number of amides is 12. The van der Waals surface area contributed by atoms with Crippen molar-refractivity contribution in [2.45, 2.75) is 261 Å². The molecule has 4 saturated carbocycles. The molecule has 6 fully saturated rings. The second-order valence-corrected chi connectivity index (χ2v) is 31.5. The van der Waals surface area contributed by atoms with Gasteiger partial charge in [0.15, 0.2) is 0 Å². The SMILES string of the molecule is CCO[C@@H]1C[C@H]2C(=O)NC3(CCC3)C(=O)N(C)[C@@H](C3CCCC3)C(=O)N(C)[C@H](C(=O)N(C)C)CC(=O)N(C)[C@@H](CC)C(=O)N[C@@H]([C@@H](C)CC)C(=O)N(C)CC(=O)N(C)[C@H]3CC/C=C(/C)CN(C3=O)[C@@H](CC3CCC(C(F)(F)F)CC3)C(=O)N(C)CC(=O)N[C@@H](CCC3CC(F)C(C(F)(F)F)C(F)C3)C(=O)N2C1. The molecule has 0 aromatic rings. The number of hydrogen-bond acceptors (Lipinski definition) is 13. The largest absolute Gasteiger partial charge is 0.397 e. The van der Waals surface area contributed by atoms with E-state index in [0.717, 1.165) is 29.4 Å². The summed E-state index contributed by atoms with van der Waals surface area (Å²) in [4.78, 5) is 191. The third-order valence-electron chi connectivity index (χ3n) is 23.9. The van der Waals surface area contributed by atoms with Crippen LogP contribution in [0.25, 0.3) is 0 Å². The number of ether oxygens (including phenoxy) is 1. The van der Waals surface area contributed by atoms with Crippen molar-refractivity contribution in [3.63, 3.8) is 0 Å². The van der Waals surface area contributed by atoms with Crippen molar-refractivity contribution in [2.24, 2.45) is 35.5 Å². The molecular weight excluding hydrogens is 1420 g/mol. The van der Waals surface area contributed by atoms with E-state index in [4.69, 9.17) is 4.74 Å². The van der Waals surface area contributed by atoms with Gasteiger partial charge in [-0.15, -0.1) is 0 Å². The first-order chi connectivity index (χ1) is 50.1. The molecule has 3 N–H and O–H groups in total. The van der Waals surface area contributed by atoms with Crippen molar-refractivity contribution in [3.05, 3.63) is 11.6 Å². The summed E-state index contributed by atoms with van der Waals surface area (Å²) in [6, 6.07) is -11.3. The van der Waals surface area contributed by atoms with Crippen LogP contribution < -0.4 is 16.0 Å². The Labute approximate surface area is 623 Å². The van der Waals surface area contributed by atoms with Gasteiger partial charge < -0.3 is 64.8 Å². The number of rotatable bonds is 12. The van der Waals surface area contributed by atoms with Crippen LogP contribution in [0, 0.1) is 35.5 Å². The topological polar surface area (TPSA) is 279 Å². The Balaban J connectivity index is 1.32. The highest BCUT2D eigenvalue weighted by Crippen LogP contribution is 2.46. The molecule has 25 nitrogen and oxygen atoms in total. The minimum absolute atomic E-state index is 0.00237. The predicted octanol–water partition coefficient (Wildman–Crippen LogP) is 6.10. The number of nitrogens with zero attached hydrogens (tertiary/aromatic N) is 9. The Kier molecular flexibility index (Phi) is 30.1. The summed E-state index contributed by atoms with van der Waals surface area (Å²) in [5, 5.41) is 8.36. The highest BCUT2D eigenvalue weighted by atomic mass is 19.4. The second-order valence-electron chi connectivity index (χ2n) is 31.5. The molecule has 3 heterocycles. The van der Waals surface area contributed by atoms with E-state index >= 15 is 37.5 Å². The zero-order valence-corrected chi connectivity index (χ0v) is 64.3. The number of halogens is 8. The van der Waals surface area contributed by atoms with Crippen molar-refractivity contribution in [3.8, 4) is 0 Å². The molecule has 1 spiro atoms. The number of fused-ring (bicyclic) bond motifs is 3. The van der Waals surface area contributed by atoms with E-state index in [1.54, 1.807) is 40.7 Å². The first-order valence-electron chi connectivity index (χ1n) is 38.1. The Hall–Kier alpha value is -7.22. The molecule has 4 aliphatic carbocycles. The van der Waals surface area contributed by atoms with Gasteiger partial charge in [-0.2, -0.15) is 26.3 Å². The molecule has 12 amide bonds. The summed E-state index contributed by atoms with van der Waals surface area (Å²) in [5.41, 5.74) is -1.09. The van der Waals surface area contributed by atoms with Crippen molar-refractivity contribution in [1.82, 2.24) is 60.0 Å². The van der Waals surface area contributed by atoms with E-state index in [2.05, 4.69) is 16.0 Å². The number of likely N-dealkylation sites (N-methyl/N-ethyl adjacent to an activating group) is 7. The van der Waals surface area contributed by atoms with Gasteiger partial charge in [-0.3, -0.25) is 57.5 Å². The van der Waals surface area contributed by atoms with Crippen molar-refractivity contribution in [1.29, 1.82) is 0 Å². The monoisotopic (exact) mass is 1530 g/mol. The molecule has 2 unspecified atom stereocenters. The van der Waals surface area contributed by atoms with E-state index in [1.165, 1.54) is 71.1 Å². The Morgan fingerprint density at radius 1 is 0.636 bits per heavy atom. The Morgan fingerprint density at radius 2 is 1.25 bits per heavy atom. The zero-order valence-electron chi connectivity index (χ0n) is 64.3. The lowest BCUT2D eigenvalue weighted by Crippen LogP contribution is -2.68. The second kappa shape index (κ2) is 37.0. The molecule has 0 radical (unpaired) electrons. The van der Waals surface area contributed by atoms with Gasteiger partial charge in [0.2, 0.25) is 70.9 Å². The molecular formula is C74H114F8N12O13. The van der Waals surface area contributed by atoms with Gasteiger partial charge in [-0.1, -0.05) is 51.7 Å². The van der Waals surface area contributed by atoms with Crippen LogP contribution in [0.4, 0.5) is 35.1 Å². The maximum absolute atomic E-state index is 15.5. The smallest absolute Gasteiger partial charge is 0.377 e. The third kappa shape index (κ3) is 20.8. The normalized spacial score (nSPS) is 32.4. The molecule has 0 aromatic heterocycles. The third-order valence-corrected chi connectivity index (χ3v) is 23.9. The van der Waals surface area contributed by atoms with Gasteiger partial charge in [0.05, 0.1) is 31.5 Å². The number of nitrogens with one attached hydrogen (secondary N) is 3. The van der Waals surface area contributed by atoms with Crippen LogP contribution in [0.3, 0.4) is 0 Å². The quantitative estimate of drug-likeness (QED) is 0.147. The van der Waals surface area contributed by atoms with Gasteiger partial charge in [0, 0.05) is 82.5 Å². The van der Waals surface area contributed by atoms with E-state index in [9.17, 15) is 55.1 Å². The number of allylic oxidation sites excluding steroid dienone is 1. The molecule has 2 saturated heterocycles. The van der Waals surface area contributed by atoms with Gasteiger partial charge in [-0.05, 0) is 147 Å². The first-order valence-corrected chi connectivity index (χ1v) is 38.1. The van der Waals surface area contributed by atoms with E-state index in [1.807, 2.05) is 0 Å². The summed E-state index contributed by atoms with van der Waals surface area (Å²) in [6.07, 6.45) is -14.7. The zero-order chi connectivity index (χ0) is 79.6. The van der Waals surface area contributed by atoms with Gasteiger partial charge in [-0.25, -0.2) is 8.78 Å². The highest BCUT2D eigenvalue weighted by molar-refractivity contribution is 6.01. The summed E-state index contributed by atoms with van der Waals surface area (Å²) in [7, 11) is 10.8. The highest BCUT2D eigenvalue weighted by Gasteiger charge is 2.56. The summed E-state index contributed by atoms with van der Waals surface area (Å²) >= 11 is 0. The first kappa shape index (κ1) is 87.0. The molecule has 33 heteroatoms.